The van der Waals surface area contributed by atoms with Crippen LogP contribution in [-0.4, -0.2) is 19.5 Å². The lowest BCUT2D eigenvalue weighted by Gasteiger charge is -2.16. The summed E-state index contributed by atoms with van der Waals surface area (Å²) in [6.45, 7) is 0. The molecule has 4 aromatic heterocycles. The fourth-order valence-electron chi connectivity index (χ4n) is 8.58. The SMILES string of the molecule is c1ccc(-c2nc(-c3ccccc3)nc(-c3ccc4oc5cccc(-c6cccc7c6oc6ccccc67)c5c4c3-n3c4ccccc4c4ccccc43)n2)cc1. The minimum Gasteiger partial charge on any atom is -0.456 e. The molecule has 0 bridgehead atoms. The number of fused-ring (bicyclic) bond motifs is 9. The Balaban J connectivity index is 1.25. The van der Waals surface area contributed by atoms with E-state index >= 15 is 0 Å². The first-order valence-electron chi connectivity index (χ1n) is 19.0. The molecule has 6 heteroatoms. The van der Waals surface area contributed by atoms with Crippen LogP contribution in [0.5, 0.6) is 0 Å². The zero-order valence-corrected chi connectivity index (χ0v) is 30.4. The van der Waals surface area contributed by atoms with Gasteiger partial charge in [0.05, 0.1) is 22.1 Å². The van der Waals surface area contributed by atoms with Gasteiger partial charge in [-0.15, -0.1) is 0 Å². The quantitative estimate of drug-likeness (QED) is 0.176. The molecule has 4 heterocycles. The number of nitrogens with zero attached hydrogens (tertiary/aromatic N) is 4. The maximum atomic E-state index is 6.83. The van der Waals surface area contributed by atoms with Crippen molar-refractivity contribution in [2.45, 2.75) is 0 Å². The van der Waals surface area contributed by atoms with E-state index in [2.05, 4.69) is 114 Å². The second kappa shape index (κ2) is 12.3. The highest BCUT2D eigenvalue weighted by molar-refractivity contribution is 6.22. The van der Waals surface area contributed by atoms with Crippen LogP contribution in [0.25, 0.3) is 117 Å². The number of para-hydroxylation sites is 4. The van der Waals surface area contributed by atoms with E-state index in [9.17, 15) is 0 Å². The fraction of sp³-hybridized carbons (Fsp3) is 0. The highest BCUT2D eigenvalue weighted by atomic mass is 16.3. The molecule has 8 aromatic carbocycles. The minimum absolute atomic E-state index is 0.563. The molecule has 0 amide bonds. The third-order valence-corrected chi connectivity index (χ3v) is 11.1. The molecule has 0 saturated heterocycles. The van der Waals surface area contributed by atoms with E-state index in [4.69, 9.17) is 23.8 Å². The van der Waals surface area contributed by atoms with E-state index in [1.54, 1.807) is 0 Å². The van der Waals surface area contributed by atoms with Crippen molar-refractivity contribution in [1.29, 1.82) is 0 Å². The Morgan fingerprint density at radius 2 is 0.860 bits per heavy atom. The van der Waals surface area contributed by atoms with Gasteiger partial charge in [-0.2, -0.15) is 0 Å². The maximum absolute atomic E-state index is 6.83. The molecule has 0 atom stereocenters. The fourth-order valence-corrected chi connectivity index (χ4v) is 8.58. The summed E-state index contributed by atoms with van der Waals surface area (Å²) in [5.41, 5.74) is 11.0. The first-order chi connectivity index (χ1) is 28.3. The third-order valence-electron chi connectivity index (χ3n) is 11.1. The molecule has 0 fully saturated rings. The van der Waals surface area contributed by atoms with Crippen LogP contribution in [0.3, 0.4) is 0 Å². The van der Waals surface area contributed by atoms with Crippen LogP contribution in [-0.2, 0) is 0 Å². The third kappa shape index (κ3) is 4.81. The van der Waals surface area contributed by atoms with Crippen LogP contribution < -0.4 is 0 Å². The van der Waals surface area contributed by atoms with Crippen LogP contribution in [0.4, 0.5) is 0 Å². The number of benzene rings is 8. The van der Waals surface area contributed by atoms with E-state index < -0.39 is 0 Å². The molecular weight excluding hydrogens is 701 g/mol. The summed E-state index contributed by atoms with van der Waals surface area (Å²) in [5, 5.41) is 6.41. The van der Waals surface area contributed by atoms with Crippen LogP contribution in [0, 0.1) is 0 Å². The molecule has 12 rings (SSSR count). The van der Waals surface area contributed by atoms with Crippen LogP contribution in [0.1, 0.15) is 0 Å². The largest absolute Gasteiger partial charge is 0.456 e. The monoisotopic (exact) mass is 730 g/mol. The van der Waals surface area contributed by atoms with E-state index in [1.807, 2.05) is 72.8 Å². The molecule has 0 saturated carbocycles. The van der Waals surface area contributed by atoms with Crippen molar-refractivity contribution in [1.82, 2.24) is 19.5 Å². The summed E-state index contributed by atoms with van der Waals surface area (Å²) < 4.78 is 15.8. The van der Waals surface area contributed by atoms with Gasteiger partial charge in [-0.05, 0) is 42.0 Å². The molecular formula is C51H30N4O2. The van der Waals surface area contributed by atoms with Gasteiger partial charge < -0.3 is 13.4 Å². The molecule has 266 valence electrons. The molecule has 0 aliphatic carbocycles. The summed E-state index contributed by atoms with van der Waals surface area (Å²) in [7, 11) is 0. The van der Waals surface area contributed by atoms with Crippen LogP contribution in [0.15, 0.2) is 191 Å². The minimum atomic E-state index is 0.563. The maximum Gasteiger partial charge on any atom is 0.166 e. The van der Waals surface area contributed by atoms with Crippen LogP contribution >= 0.6 is 0 Å². The van der Waals surface area contributed by atoms with Gasteiger partial charge >= 0.3 is 0 Å². The molecule has 0 radical (unpaired) electrons. The molecule has 0 aliphatic rings. The lowest BCUT2D eigenvalue weighted by Crippen LogP contribution is -2.04. The van der Waals surface area contributed by atoms with Crippen molar-refractivity contribution >= 4 is 65.7 Å². The van der Waals surface area contributed by atoms with Gasteiger partial charge in [0, 0.05) is 49.2 Å². The topological polar surface area (TPSA) is 69.9 Å². The Morgan fingerprint density at radius 1 is 0.333 bits per heavy atom. The number of hydrogen-bond donors (Lipinski definition) is 0. The summed E-state index contributed by atoms with van der Waals surface area (Å²) >= 11 is 0. The summed E-state index contributed by atoms with van der Waals surface area (Å²) in [4.78, 5) is 15.6. The number of rotatable bonds is 5. The van der Waals surface area contributed by atoms with E-state index in [0.29, 0.717) is 17.5 Å². The molecule has 12 aromatic rings. The molecule has 0 unspecified atom stereocenters. The van der Waals surface area contributed by atoms with Crippen molar-refractivity contribution in [2.24, 2.45) is 0 Å². The van der Waals surface area contributed by atoms with E-state index in [0.717, 1.165) is 99.2 Å². The van der Waals surface area contributed by atoms with Gasteiger partial charge in [0.2, 0.25) is 0 Å². The first-order valence-corrected chi connectivity index (χ1v) is 19.0. The molecule has 0 spiro atoms. The van der Waals surface area contributed by atoms with E-state index in [-0.39, 0.29) is 0 Å². The van der Waals surface area contributed by atoms with Gasteiger partial charge in [-0.3, -0.25) is 0 Å². The predicted octanol–water partition coefficient (Wildman–Crippen LogP) is 13.4. The van der Waals surface area contributed by atoms with Crippen molar-refractivity contribution in [2.75, 3.05) is 0 Å². The highest BCUT2D eigenvalue weighted by Crippen LogP contribution is 2.47. The highest BCUT2D eigenvalue weighted by Gasteiger charge is 2.26. The summed E-state index contributed by atoms with van der Waals surface area (Å²) in [5.74, 6) is 1.76. The lowest BCUT2D eigenvalue weighted by molar-refractivity contribution is 0.668. The molecule has 57 heavy (non-hydrogen) atoms. The predicted molar refractivity (Wildman–Crippen MR) is 230 cm³/mol. The number of aromatic nitrogens is 4. The first kappa shape index (κ1) is 31.5. The Bertz CT molecular complexity index is 3410. The van der Waals surface area contributed by atoms with Crippen molar-refractivity contribution in [3.8, 4) is 51.0 Å². The van der Waals surface area contributed by atoms with Crippen molar-refractivity contribution < 1.29 is 8.83 Å². The number of hydrogen-bond acceptors (Lipinski definition) is 5. The smallest absolute Gasteiger partial charge is 0.166 e. The molecule has 0 aliphatic heterocycles. The lowest BCUT2D eigenvalue weighted by atomic mass is 9.95. The van der Waals surface area contributed by atoms with Gasteiger partial charge in [-0.25, -0.2) is 15.0 Å². The van der Waals surface area contributed by atoms with Crippen LogP contribution in [0.2, 0.25) is 0 Å². The second-order valence-corrected chi connectivity index (χ2v) is 14.3. The van der Waals surface area contributed by atoms with Gasteiger partial charge in [0.25, 0.3) is 0 Å². The Kier molecular flexibility index (Phi) is 6.83. The summed E-state index contributed by atoms with van der Waals surface area (Å²) in [6.07, 6.45) is 0. The second-order valence-electron chi connectivity index (χ2n) is 14.3. The average Bonchev–Trinajstić information content (AvgIpc) is 3.96. The van der Waals surface area contributed by atoms with E-state index in [1.165, 1.54) is 0 Å². The van der Waals surface area contributed by atoms with Crippen molar-refractivity contribution in [3.63, 3.8) is 0 Å². The van der Waals surface area contributed by atoms with Gasteiger partial charge in [-0.1, -0.05) is 146 Å². The van der Waals surface area contributed by atoms with Gasteiger partial charge in [0.15, 0.2) is 17.5 Å². The van der Waals surface area contributed by atoms with Crippen molar-refractivity contribution in [3.05, 3.63) is 182 Å². The molecule has 6 nitrogen and oxygen atoms in total. The Hall–Kier alpha value is -7.83. The zero-order valence-electron chi connectivity index (χ0n) is 30.4. The summed E-state index contributed by atoms with van der Waals surface area (Å²) in [6, 6.07) is 62.4. The normalized spacial score (nSPS) is 11.9. The van der Waals surface area contributed by atoms with Gasteiger partial charge in [0.1, 0.15) is 22.3 Å². The Morgan fingerprint density at radius 3 is 1.56 bits per heavy atom. The standard InChI is InChI=1S/C51H30N4O2/c1-3-15-31(16-4-1)49-52-50(32-17-5-2-6-18-32)54-51(53-49)39-29-30-44-46(47(39)55-40-25-10-7-19-33(40)34-20-8-11-26-41(34)55)45-36(22-14-28-43(45)56-44)38-24-13-23-37-35-21-9-12-27-42(35)57-48(37)38/h1-30H. The average molecular weight is 731 g/mol. The number of furan rings is 2. The zero-order chi connectivity index (χ0) is 37.5. The Labute approximate surface area is 325 Å². The molecule has 0 N–H and O–H groups in total.